The normalized spacial score (nSPS) is 11.8. The molecule has 0 saturated carbocycles. The summed E-state index contributed by atoms with van der Waals surface area (Å²) >= 11 is 11.8. The molecule has 0 spiro atoms. The highest BCUT2D eigenvalue weighted by Gasteiger charge is 2.18. The van der Waals surface area contributed by atoms with Gasteiger partial charge in [0.25, 0.3) is 0 Å². The number of methoxy groups -OCH3 is 1. The van der Waals surface area contributed by atoms with Crippen molar-refractivity contribution in [2.75, 3.05) is 7.11 Å². The van der Waals surface area contributed by atoms with Gasteiger partial charge >= 0.3 is 5.97 Å². The Bertz CT molecular complexity index is 442. The van der Waals surface area contributed by atoms with E-state index in [9.17, 15) is 9.59 Å². The molecular weight excluding hydrogens is 277 g/mol. The fourth-order valence-corrected chi connectivity index (χ4v) is 2.07. The van der Waals surface area contributed by atoms with Crippen LogP contribution in [-0.2, 0) is 14.3 Å². The summed E-state index contributed by atoms with van der Waals surface area (Å²) in [5, 5.41) is 3.54. The number of ether oxygens (including phenoxy) is 1. The number of hydrogen-bond acceptors (Lipinski definition) is 3. The van der Waals surface area contributed by atoms with Crippen molar-refractivity contribution < 1.29 is 14.3 Å². The van der Waals surface area contributed by atoms with Crippen LogP contribution in [0.3, 0.4) is 0 Å². The number of nitrogens with one attached hydrogen (secondary N) is 1. The van der Waals surface area contributed by atoms with Crippen LogP contribution in [-0.4, -0.2) is 19.0 Å². The zero-order chi connectivity index (χ0) is 13.7. The third kappa shape index (κ3) is 4.55. The summed E-state index contributed by atoms with van der Waals surface area (Å²) in [6, 6.07) is 4.37. The number of carbonyl (C=O) groups excluding carboxylic acids is 2. The summed E-state index contributed by atoms with van der Waals surface area (Å²) in [5.74, 6) is -0.676. The van der Waals surface area contributed by atoms with Gasteiger partial charge in [-0.05, 0) is 23.8 Å². The topological polar surface area (TPSA) is 55.4 Å². The third-order valence-corrected chi connectivity index (χ3v) is 2.70. The fourth-order valence-electron chi connectivity index (χ4n) is 1.52. The molecule has 0 bridgehead atoms. The standard InChI is InChI=1S/C12H13Cl2NO3/c1-7(16)15-11(6-12(17)18-2)8-3-9(13)5-10(14)4-8/h3-5,11H,6H2,1-2H3,(H,15,16)/t11-/m0/s1. The predicted octanol–water partition coefficient (Wildman–Crippen LogP) is 2.73. The molecule has 1 aromatic carbocycles. The second-order valence-electron chi connectivity index (χ2n) is 3.74. The number of carbonyl (C=O) groups is 2. The molecule has 1 atom stereocenters. The summed E-state index contributed by atoms with van der Waals surface area (Å²) in [6.07, 6.45) is 0.0206. The van der Waals surface area contributed by atoms with Gasteiger partial charge in [0.05, 0.1) is 19.6 Å². The minimum absolute atomic E-state index is 0.0206. The van der Waals surface area contributed by atoms with Crippen molar-refractivity contribution in [3.63, 3.8) is 0 Å². The average molecular weight is 290 g/mol. The smallest absolute Gasteiger partial charge is 0.307 e. The Balaban J connectivity index is 3.00. The largest absolute Gasteiger partial charge is 0.469 e. The van der Waals surface area contributed by atoms with Gasteiger partial charge in [0.15, 0.2) is 0 Å². The van der Waals surface area contributed by atoms with Crippen LogP contribution >= 0.6 is 23.2 Å². The van der Waals surface area contributed by atoms with E-state index in [2.05, 4.69) is 10.1 Å². The van der Waals surface area contributed by atoms with E-state index in [-0.39, 0.29) is 12.3 Å². The highest BCUT2D eigenvalue weighted by molar-refractivity contribution is 6.34. The monoisotopic (exact) mass is 289 g/mol. The van der Waals surface area contributed by atoms with E-state index in [1.807, 2.05) is 0 Å². The molecule has 0 heterocycles. The molecule has 98 valence electrons. The van der Waals surface area contributed by atoms with Crippen LogP contribution in [0, 0.1) is 0 Å². The van der Waals surface area contributed by atoms with E-state index >= 15 is 0 Å². The fraction of sp³-hybridized carbons (Fsp3) is 0.333. The molecule has 0 aliphatic heterocycles. The highest BCUT2D eigenvalue weighted by Crippen LogP contribution is 2.25. The molecule has 18 heavy (non-hydrogen) atoms. The van der Waals surface area contributed by atoms with Gasteiger partial charge < -0.3 is 10.1 Å². The first-order valence-corrected chi connectivity index (χ1v) is 5.98. The molecule has 1 aromatic rings. The van der Waals surface area contributed by atoms with Crippen molar-refractivity contribution in [3.05, 3.63) is 33.8 Å². The van der Waals surface area contributed by atoms with Crippen LogP contribution in [0.1, 0.15) is 24.9 Å². The van der Waals surface area contributed by atoms with Gasteiger partial charge in [-0.3, -0.25) is 9.59 Å². The quantitative estimate of drug-likeness (QED) is 0.867. The molecule has 1 N–H and O–H groups in total. The molecule has 0 unspecified atom stereocenters. The number of esters is 1. The molecule has 0 aliphatic rings. The number of hydrogen-bond donors (Lipinski definition) is 1. The first kappa shape index (κ1) is 14.8. The van der Waals surface area contributed by atoms with Crippen LogP contribution in [0.25, 0.3) is 0 Å². The predicted molar refractivity (Wildman–Crippen MR) is 69.7 cm³/mol. The number of rotatable bonds is 4. The van der Waals surface area contributed by atoms with Crippen molar-refractivity contribution >= 4 is 35.1 Å². The summed E-state index contributed by atoms with van der Waals surface area (Å²) in [4.78, 5) is 22.4. The third-order valence-electron chi connectivity index (χ3n) is 2.26. The van der Waals surface area contributed by atoms with Gasteiger partial charge in [-0.25, -0.2) is 0 Å². The van der Waals surface area contributed by atoms with Gasteiger partial charge in [-0.15, -0.1) is 0 Å². The summed E-state index contributed by atoms with van der Waals surface area (Å²) < 4.78 is 4.59. The maximum absolute atomic E-state index is 11.3. The Kier molecular flexibility index (Phi) is 5.44. The minimum atomic E-state index is -0.508. The van der Waals surface area contributed by atoms with Gasteiger partial charge in [-0.2, -0.15) is 0 Å². The maximum atomic E-state index is 11.3. The van der Waals surface area contributed by atoms with Crippen molar-refractivity contribution in [1.29, 1.82) is 0 Å². The average Bonchev–Trinajstić information content (AvgIpc) is 2.26. The molecule has 6 heteroatoms. The van der Waals surface area contributed by atoms with Crippen molar-refractivity contribution in [1.82, 2.24) is 5.32 Å². The lowest BCUT2D eigenvalue weighted by molar-refractivity contribution is -0.141. The van der Waals surface area contributed by atoms with Crippen LogP contribution in [0.2, 0.25) is 10.0 Å². The molecule has 0 aliphatic carbocycles. The van der Waals surface area contributed by atoms with E-state index < -0.39 is 12.0 Å². The van der Waals surface area contributed by atoms with Crippen molar-refractivity contribution in [2.24, 2.45) is 0 Å². The molecular formula is C12H13Cl2NO3. The summed E-state index contributed by atoms with van der Waals surface area (Å²) in [5.41, 5.74) is 0.660. The zero-order valence-corrected chi connectivity index (χ0v) is 11.5. The second kappa shape index (κ2) is 6.61. The molecule has 0 saturated heterocycles. The Morgan fingerprint density at radius 2 is 1.83 bits per heavy atom. The maximum Gasteiger partial charge on any atom is 0.307 e. The Labute approximate surface area is 115 Å². The first-order chi connectivity index (χ1) is 8.42. The summed E-state index contributed by atoms with van der Waals surface area (Å²) in [6.45, 7) is 1.37. The van der Waals surface area contributed by atoms with Crippen LogP contribution in [0.5, 0.6) is 0 Å². The Hall–Kier alpha value is -1.26. The molecule has 1 rings (SSSR count). The van der Waals surface area contributed by atoms with Crippen LogP contribution < -0.4 is 5.32 Å². The van der Waals surface area contributed by atoms with Gasteiger partial charge in [0, 0.05) is 17.0 Å². The van der Waals surface area contributed by atoms with E-state index in [0.29, 0.717) is 15.6 Å². The Morgan fingerprint density at radius 1 is 1.28 bits per heavy atom. The SMILES string of the molecule is COC(=O)C[C@H](NC(C)=O)c1cc(Cl)cc(Cl)c1. The lowest BCUT2D eigenvalue weighted by Gasteiger charge is -2.17. The molecule has 4 nitrogen and oxygen atoms in total. The summed E-state index contributed by atoms with van der Waals surface area (Å²) in [7, 11) is 1.29. The highest BCUT2D eigenvalue weighted by atomic mass is 35.5. The van der Waals surface area contributed by atoms with Crippen molar-refractivity contribution in [3.8, 4) is 0 Å². The van der Waals surface area contributed by atoms with E-state index in [0.717, 1.165) is 0 Å². The lowest BCUT2D eigenvalue weighted by Crippen LogP contribution is -2.28. The molecule has 1 amide bonds. The molecule has 0 radical (unpaired) electrons. The number of benzene rings is 1. The lowest BCUT2D eigenvalue weighted by atomic mass is 10.0. The van der Waals surface area contributed by atoms with E-state index in [1.165, 1.54) is 14.0 Å². The zero-order valence-electron chi connectivity index (χ0n) is 10.00. The van der Waals surface area contributed by atoms with E-state index in [1.54, 1.807) is 18.2 Å². The van der Waals surface area contributed by atoms with Gasteiger partial charge in [0.1, 0.15) is 0 Å². The Morgan fingerprint density at radius 3 is 2.28 bits per heavy atom. The number of amides is 1. The van der Waals surface area contributed by atoms with Crippen molar-refractivity contribution in [2.45, 2.75) is 19.4 Å². The second-order valence-corrected chi connectivity index (χ2v) is 4.61. The first-order valence-electron chi connectivity index (χ1n) is 5.22. The number of halogens is 2. The van der Waals surface area contributed by atoms with Gasteiger partial charge in [0.2, 0.25) is 5.91 Å². The molecule has 0 aromatic heterocycles. The van der Waals surface area contributed by atoms with Crippen LogP contribution in [0.15, 0.2) is 18.2 Å². The van der Waals surface area contributed by atoms with Gasteiger partial charge in [-0.1, -0.05) is 23.2 Å². The van der Waals surface area contributed by atoms with Crippen LogP contribution in [0.4, 0.5) is 0 Å². The van der Waals surface area contributed by atoms with E-state index in [4.69, 9.17) is 23.2 Å². The molecule has 0 fully saturated rings. The minimum Gasteiger partial charge on any atom is -0.469 e.